The van der Waals surface area contributed by atoms with Crippen LogP contribution >= 0.6 is 28.1 Å². The zero-order valence-corrected chi connectivity index (χ0v) is 7.95. The predicted molar refractivity (Wildman–Crippen MR) is 51.7 cm³/mol. The minimum Gasteiger partial charge on any atom is -0.507 e. The largest absolute Gasteiger partial charge is 0.507 e. The fraction of sp³-hybridized carbons (Fsp3) is 0. The van der Waals surface area contributed by atoms with Crippen molar-refractivity contribution >= 4 is 33.1 Å². The van der Waals surface area contributed by atoms with Gasteiger partial charge in [0, 0.05) is 5.56 Å². The zero-order valence-electron chi connectivity index (χ0n) is 5.54. The summed E-state index contributed by atoms with van der Waals surface area (Å²) in [5.74, 6) is 0.185. The van der Waals surface area contributed by atoms with Gasteiger partial charge >= 0.3 is 0 Å². The summed E-state index contributed by atoms with van der Waals surface area (Å²) in [5.41, 5.74) is 6.10. The summed E-state index contributed by atoms with van der Waals surface area (Å²) in [6.07, 6.45) is 0. The van der Waals surface area contributed by atoms with Crippen LogP contribution in [0.2, 0.25) is 0 Å². The van der Waals surface area contributed by atoms with Gasteiger partial charge in [-0.15, -0.1) is 0 Å². The van der Waals surface area contributed by atoms with Crippen LogP contribution in [-0.2, 0) is 0 Å². The van der Waals surface area contributed by atoms with Gasteiger partial charge in [-0.25, -0.2) is 0 Å². The molecular weight excluding hydrogens is 226 g/mol. The van der Waals surface area contributed by atoms with Crippen LogP contribution in [0.4, 0.5) is 0 Å². The average Bonchev–Trinajstić information content (AvgIpc) is 1.94. The van der Waals surface area contributed by atoms with E-state index in [1.165, 1.54) is 0 Å². The molecule has 11 heavy (non-hydrogen) atoms. The molecule has 1 aromatic rings. The Morgan fingerprint density at radius 2 is 2.18 bits per heavy atom. The monoisotopic (exact) mass is 231 g/mol. The molecule has 0 amide bonds. The van der Waals surface area contributed by atoms with Gasteiger partial charge in [0.15, 0.2) is 0 Å². The Morgan fingerprint density at radius 3 is 2.64 bits per heavy atom. The summed E-state index contributed by atoms with van der Waals surface area (Å²) in [7, 11) is 0. The molecule has 0 saturated carbocycles. The Labute approximate surface area is 78.2 Å². The topological polar surface area (TPSA) is 46.2 Å². The Kier molecular flexibility index (Phi) is 2.46. The standard InChI is InChI=1S/C7H6BrNOS/c8-5-3-4(7(9)11)1-2-6(5)10/h1-3,10H,(H2,9,11). The number of aromatic hydroxyl groups is 1. The van der Waals surface area contributed by atoms with Crippen molar-refractivity contribution in [2.45, 2.75) is 0 Å². The minimum absolute atomic E-state index is 0.185. The van der Waals surface area contributed by atoms with Crippen molar-refractivity contribution in [2.75, 3.05) is 0 Å². The number of hydrogen-bond acceptors (Lipinski definition) is 2. The Hall–Kier alpha value is -0.610. The maximum Gasteiger partial charge on any atom is 0.129 e. The number of phenols is 1. The van der Waals surface area contributed by atoms with Crippen LogP contribution in [0.5, 0.6) is 5.75 Å². The van der Waals surface area contributed by atoms with Gasteiger partial charge in [0.25, 0.3) is 0 Å². The van der Waals surface area contributed by atoms with Gasteiger partial charge in [-0.3, -0.25) is 0 Å². The van der Waals surface area contributed by atoms with E-state index in [-0.39, 0.29) is 5.75 Å². The van der Waals surface area contributed by atoms with Crippen molar-refractivity contribution in [1.82, 2.24) is 0 Å². The van der Waals surface area contributed by atoms with E-state index in [0.717, 1.165) is 5.56 Å². The van der Waals surface area contributed by atoms with E-state index in [9.17, 15) is 0 Å². The van der Waals surface area contributed by atoms with Crippen LogP contribution in [-0.4, -0.2) is 10.1 Å². The van der Waals surface area contributed by atoms with Crippen LogP contribution in [0.25, 0.3) is 0 Å². The molecule has 4 heteroatoms. The Bertz CT molecular complexity index is 300. The molecule has 0 fully saturated rings. The highest BCUT2D eigenvalue weighted by Gasteiger charge is 2.00. The number of nitrogens with two attached hydrogens (primary N) is 1. The van der Waals surface area contributed by atoms with E-state index in [1.54, 1.807) is 18.2 Å². The van der Waals surface area contributed by atoms with E-state index in [4.69, 9.17) is 23.1 Å². The summed E-state index contributed by atoms with van der Waals surface area (Å²) < 4.78 is 0.600. The molecule has 0 unspecified atom stereocenters. The molecule has 0 aliphatic rings. The lowest BCUT2D eigenvalue weighted by atomic mass is 10.2. The van der Waals surface area contributed by atoms with Gasteiger partial charge in [-0.1, -0.05) is 12.2 Å². The molecule has 0 aromatic heterocycles. The van der Waals surface area contributed by atoms with Crippen LogP contribution in [0.15, 0.2) is 22.7 Å². The second kappa shape index (κ2) is 3.19. The lowest BCUT2D eigenvalue weighted by Gasteiger charge is -1.99. The Morgan fingerprint density at radius 1 is 1.55 bits per heavy atom. The first-order valence-electron chi connectivity index (χ1n) is 2.89. The Balaban J connectivity index is 3.15. The van der Waals surface area contributed by atoms with Crippen molar-refractivity contribution < 1.29 is 5.11 Å². The molecule has 0 atom stereocenters. The van der Waals surface area contributed by atoms with Crippen molar-refractivity contribution in [3.05, 3.63) is 28.2 Å². The minimum atomic E-state index is 0.185. The third kappa shape index (κ3) is 1.91. The first kappa shape index (κ1) is 8.49. The molecule has 0 aliphatic heterocycles. The van der Waals surface area contributed by atoms with Crippen molar-refractivity contribution in [3.8, 4) is 5.75 Å². The third-order valence-electron chi connectivity index (χ3n) is 1.23. The van der Waals surface area contributed by atoms with Crippen LogP contribution in [0.1, 0.15) is 5.56 Å². The van der Waals surface area contributed by atoms with Crippen LogP contribution in [0, 0.1) is 0 Å². The molecule has 0 saturated heterocycles. The summed E-state index contributed by atoms with van der Waals surface area (Å²) >= 11 is 7.89. The normalized spacial score (nSPS) is 9.55. The van der Waals surface area contributed by atoms with Gasteiger partial charge in [0.2, 0.25) is 0 Å². The summed E-state index contributed by atoms with van der Waals surface area (Å²) in [6.45, 7) is 0. The number of thiocarbonyl (C=S) groups is 1. The van der Waals surface area contributed by atoms with Gasteiger partial charge in [0.1, 0.15) is 10.7 Å². The predicted octanol–water partition coefficient (Wildman–Crippen LogP) is 1.79. The van der Waals surface area contributed by atoms with E-state index in [0.29, 0.717) is 9.46 Å². The SMILES string of the molecule is NC(=S)c1ccc(O)c(Br)c1. The lowest BCUT2D eigenvalue weighted by molar-refractivity contribution is 0.472. The van der Waals surface area contributed by atoms with Gasteiger partial charge in [-0.2, -0.15) is 0 Å². The molecule has 1 aromatic carbocycles. The molecule has 0 aliphatic carbocycles. The maximum absolute atomic E-state index is 9.09. The van der Waals surface area contributed by atoms with E-state index < -0.39 is 0 Å². The quantitative estimate of drug-likeness (QED) is 0.725. The molecule has 0 radical (unpaired) electrons. The molecule has 0 heterocycles. The first-order valence-corrected chi connectivity index (χ1v) is 4.09. The summed E-state index contributed by atoms with van der Waals surface area (Å²) in [4.78, 5) is 0.325. The summed E-state index contributed by atoms with van der Waals surface area (Å²) in [6, 6.07) is 4.89. The lowest BCUT2D eigenvalue weighted by Crippen LogP contribution is -2.08. The number of halogens is 1. The fourth-order valence-corrected chi connectivity index (χ4v) is 1.17. The number of rotatable bonds is 1. The van der Waals surface area contributed by atoms with Crippen molar-refractivity contribution in [3.63, 3.8) is 0 Å². The van der Waals surface area contributed by atoms with Gasteiger partial charge in [0.05, 0.1) is 4.47 Å². The van der Waals surface area contributed by atoms with Crippen molar-refractivity contribution in [1.29, 1.82) is 0 Å². The smallest absolute Gasteiger partial charge is 0.129 e. The third-order valence-corrected chi connectivity index (χ3v) is 2.10. The van der Waals surface area contributed by atoms with E-state index in [2.05, 4.69) is 15.9 Å². The first-order chi connectivity index (χ1) is 5.11. The highest BCUT2D eigenvalue weighted by atomic mass is 79.9. The molecular formula is C7H6BrNOS. The number of phenolic OH excluding ortho intramolecular Hbond substituents is 1. The van der Waals surface area contributed by atoms with Gasteiger partial charge < -0.3 is 10.8 Å². The highest BCUT2D eigenvalue weighted by molar-refractivity contribution is 9.10. The molecule has 0 spiro atoms. The van der Waals surface area contributed by atoms with Gasteiger partial charge in [-0.05, 0) is 34.1 Å². The zero-order chi connectivity index (χ0) is 8.43. The molecule has 3 N–H and O–H groups in total. The number of benzene rings is 1. The molecule has 0 bridgehead atoms. The van der Waals surface area contributed by atoms with Crippen LogP contribution < -0.4 is 5.73 Å². The fourth-order valence-electron chi connectivity index (χ4n) is 0.660. The van der Waals surface area contributed by atoms with Crippen LogP contribution in [0.3, 0.4) is 0 Å². The number of hydrogen-bond donors (Lipinski definition) is 2. The highest BCUT2D eigenvalue weighted by Crippen LogP contribution is 2.23. The average molecular weight is 232 g/mol. The van der Waals surface area contributed by atoms with E-state index in [1.807, 2.05) is 0 Å². The summed E-state index contributed by atoms with van der Waals surface area (Å²) in [5, 5.41) is 9.09. The second-order valence-corrected chi connectivity index (χ2v) is 3.32. The maximum atomic E-state index is 9.09. The second-order valence-electron chi connectivity index (χ2n) is 2.03. The molecule has 2 nitrogen and oxygen atoms in total. The van der Waals surface area contributed by atoms with Crippen molar-refractivity contribution in [2.24, 2.45) is 5.73 Å². The molecule has 1 rings (SSSR count). The molecule has 58 valence electrons. The van der Waals surface area contributed by atoms with E-state index >= 15 is 0 Å².